The lowest BCUT2D eigenvalue weighted by atomic mass is 9.81. The van der Waals surface area contributed by atoms with Crippen LogP contribution in [0.4, 0.5) is 10.1 Å². The molecule has 0 saturated heterocycles. The zero-order chi connectivity index (χ0) is 20.6. The summed E-state index contributed by atoms with van der Waals surface area (Å²) in [7, 11) is 0. The molecule has 0 aliphatic heterocycles. The Labute approximate surface area is 169 Å². The van der Waals surface area contributed by atoms with E-state index in [1.165, 1.54) is 6.07 Å². The molecule has 0 bridgehead atoms. The van der Waals surface area contributed by atoms with Crippen molar-refractivity contribution < 1.29 is 14.0 Å². The number of hydrogen-bond donors (Lipinski definition) is 2. The van der Waals surface area contributed by atoms with Crippen molar-refractivity contribution in [3.63, 3.8) is 0 Å². The quantitative estimate of drug-likeness (QED) is 0.783. The van der Waals surface area contributed by atoms with Crippen molar-refractivity contribution in [2.75, 3.05) is 11.9 Å². The Bertz CT molecular complexity index is 914. The largest absolute Gasteiger partial charge is 0.356 e. The van der Waals surface area contributed by atoms with Crippen molar-refractivity contribution in [1.82, 2.24) is 5.32 Å². The van der Waals surface area contributed by atoms with Crippen LogP contribution in [-0.4, -0.2) is 18.4 Å². The normalized spacial score (nSPS) is 18.5. The number of rotatable bonds is 6. The van der Waals surface area contributed by atoms with Crippen LogP contribution < -0.4 is 10.6 Å². The highest BCUT2D eigenvalue weighted by atomic mass is 19.1. The number of para-hydroxylation sites is 1. The molecule has 0 atom stereocenters. The van der Waals surface area contributed by atoms with E-state index in [2.05, 4.69) is 16.7 Å². The van der Waals surface area contributed by atoms with E-state index in [0.717, 1.165) is 0 Å². The minimum absolute atomic E-state index is 0.0324. The van der Waals surface area contributed by atoms with Gasteiger partial charge in [-0.25, -0.2) is 4.39 Å². The maximum absolute atomic E-state index is 13.6. The predicted octanol–water partition coefficient (Wildman–Crippen LogP) is 3.80. The number of carbonyl (C=O) groups is 2. The number of halogens is 1. The fourth-order valence-corrected chi connectivity index (χ4v) is 3.71. The van der Waals surface area contributed by atoms with Gasteiger partial charge >= 0.3 is 0 Å². The molecule has 0 radical (unpaired) electrons. The molecule has 6 heteroatoms. The molecule has 1 fully saturated rings. The Kier molecular flexibility index (Phi) is 6.96. The van der Waals surface area contributed by atoms with Crippen LogP contribution in [0.25, 0.3) is 0 Å². The summed E-state index contributed by atoms with van der Waals surface area (Å²) in [5, 5.41) is 14.9. The fraction of sp³-hybridized carbons (Fsp3) is 0.348. The monoisotopic (exact) mass is 393 g/mol. The molecule has 1 aliphatic carbocycles. The highest BCUT2D eigenvalue weighted by molar-refractivity contribution is 5.94. The molecule has 2 aromatic rings. The molecule has 0 heterocycles. The van der Waals surface area contributed by atoms with Gasteiger partial charge in [0.1, 0.15) is 11.9 Å². The molecule has 29 heavy (non-hydrogen) atoms. The minimum atomic E-state index is -0.258. The van der Waals surface area contributed by atoms with E-state index in [0.29, 0.717) is 55.5 Å². The van der Waals surface area contributed by atoms with Crippen molar-refractivity contribution >= 4 is 17.5 Å². The van der Waals surface area contributed by atoms with Crippen LogP contribution in [0.5, 0.6) is 0 Å². The molecule has 5 nitrogen and oxygen atoms in total. The highest BCUT2D eigenvalue weighted by Crippen LogP contribution is 2.30. The van der Waals surface area contributed by atoms with Gasteiger partial charge in [0, 0.05) is 18.4 Å². The second-order valence-electron chi connectivity index (χ2n) is 7.33. The Morgan fingerprint density at radius 3 is 2.28 bits per heavy atom. The summed E-state index contributed by atoms with van der Waals surface area (Å²) in [6.45, 7) is 0.394. The van der Waals surface area contributed by atoms with Crippen molar-refractivity contribution in [2.24, 2.45) is 11.8 Å². The summed E-state index contributed by atoms with van der Waals surface area (Å²) in [4.78, 5) is 24.9. The molecule has 0 unspecified atom stereocenters. The van der Waals surface area contributed by atoms with Crippen LogP contribution in [0.1, 0.15) is 36.8 Å². The minimum Gasteiger partial charge on any atom is -0.356 e. The number of amides is 2. The molecule has 3 rings (SSSR count). The van der Waals surface area contributed by atoms with Crippen LogP contribution in [0.2, 0.25) is 0 Å². The Morgan fingerprint density at radius 2 is 1.59 bits per heavy atom. The van der Waals surface area contributed by atoms with Crippen molar-refractivity contribution in [1.29, 1.82) is 5.26 Å². The third-order valence-corrected chi connectivity index (χ3v) is 5.43. The number of hydrogen-bond acceptors (Lipinski definition) is 3. The molecule has 0 aromatic heterocycles. The number of anilines is 1. The van der Waals surface area contributed by atoms with E-state index in [-0.39, 0.29) is 29.5 Å². The van der Waals surface area contributed by atoms with Crippen molar-refractivity contribution in [3.8, 4) is 6.07 Å². The molecule has 1 aliphatic rings. The number of benzene rings is 2. The average molecular weight is 393 g/mol. The summed E-state index contributed by atoms with van der Waals surface area (Å²) in [5.74, 6) is -0.678. The van der Waals surface area contributed by atoms with Gasteiger partial charge in [-0.05, 0) is 55.9 Å². The van der Waals surface area contributed by atoms with Gasteiger partial charge < -0.3 is 10.6 Å². The summed E-state index contributed by atoms with van der Waals surface area (Å²) in [5.41, 5.74) is 1.54. The second-order valence-corrected chi connectivity index (χ2v) is 7.33. The Morgan fingerprint density at radius 1 is 0.966 bits per heavy atom. The second kappa shape index (κ2) is 9.83. The van der Waals surface area contributed by atoms with Crippen molar-refractivity contribution in [3.05, 3.63) is 65.5 Å². The summed E-state index contributed by atoms with van der Waals surface area (Å²) >= 11 is 0. The number of nitrogens with zero attached hydrogens (tertiary/aromatic N) is 1. The number of nitrogens with one attached hydrogen (secondary N) is 2. The SMILES string of the molecule is N#Cc1ccccc1NC(=O)C1CCC(C(=O)NCCc2ccccc2F)CC1. The van der Waals surface area contributed by atoms with Crippen LogP contribution in [0.15, 0.2) is 48.5 Å². The van der Waals surface area contributed by atoms with E-state index in [4.69, 9.17) is 5.26 Å². The third kappa shape index (κ3) is 5.41. The fourth-order valence-electron chi connectivity index (χ4n) is 3.71. The van der Waals surface area contributed by atoms with Gasteiger partial charge in [-0.1, -0.05) is 30.3 Å². The zero-order valence-corrected chi connectivity index (χ0v) is 16.2. The van der Waals surface area contributed by atoms with Gasteiger partial charge in [0.25, 0.3) is 0 Å². The molecule has 1 saturated carbocycles. The molecule has 0 spiro atoms. The topological polar surface area (TPSA) is 82.0 Å². The van der Waals surface area contributed by atoms with E-state index >= 15 is 0 Å². The zero-order valence-electron chi connectivity index (χ0n) is 16.2. The maximum Gasteiger partial charge on any atom is 0.227 e. The first-order valence-corrected chi connectivity index (χ1v) is 9.89. The van der Waals surface area contributed by atoms with Gasteiger partial charge in [0.05, 0.1) is 11.3 Å². The van der Waals surface area contributed by atoms with Crippen LogP contribution >= 0.6 is 0 Å². The van der Waals surface area contributed by atoms with Crippen LogP contribution in [0.3, 0.4) is 0 Å². The summed E-state index contributed by atoms with van der Waals surface area (Å²) < 4.78 is 13.6. The van der Waals surface area contributed by atoms with Gasteiger partial charge in [0.15, 0.2) is 0 Å². The first kappa shape index (κ1) is 20.5. The predicted molar refractivity (Wildman–Crippen MR) is 108 cm³/mol. The maximum atomic E-state index is 13.6. The van der Waals surface area contributed by atoms with Gasteiger partial charge in [-0.3, -0.25) is 9.59 Å². The van der Waals surface area contributed by atoms with E-state index < -0.39 is 0 Å². The van der Waals surface area contributed by atoms with Crippen LogP contribution in [0, 0.1) is 29.0 Å². The molecule has 2 aromatic carbocycles. The van der Waals surface area contributed by atoms with Crippen LogP contribution in [-0.2, 0) is 16.0 Å². The third-order valence-electron chi connectivity index (χ3n) is 5.43. The van der Waals surface area contributed by atoms with Crippen molar-refractivity contribution in [2.45, 2.75) is 32.1 Å². The number of nitriles is 1. The summed E-state index contributed by atoms with van der Waals surface area (Å²) in [6.07, 6.45) is 3.00. The standard InChI is InChI=1S/C23H24FN3O2/c24-20-7-3-1-5-16(20)13-14-26-22(28)17-9-11-18(12-10-17)23(29)27-21-8-4-2-6-19(21)15-25/h1-8,17-18H,9-14H2,(H,26,28)(H,27,29). The first-order valence-electron chi connectivity index (χ1n) is 9.89. The number of carbonyl (C=O) groups excluding carboxylic acids is 2. The molecule has 2 N–H and O–H groups in total. The van der Waals surface area contributed by atoms with Gasteiger partial charge in [-0.2, -0.15) is 5.26 Å². The lowest BCUT2D eigenvalue weighted by Gasteiger charge is -2.27. The first-order chi connectivity index (χ1) is 14.1. The van der Waals surface area contributed by atoms with Gasteiger partial charge in [-0.15, -0.1) is 0 Å². The molecular weight excluding hydrogens is 369 g/mol. The van der Waals surface area contributed by atoms with E-state index in [9.17, 15) is 14.0 Å². The van der Waals surface area contributed by atoms with E-state index in [1.807, 2.05) is 0 Å². The smallest absolute Gasteiger partial charge is 0.227 e. The van der Waals surface area contributed by atoms with E-state index in [1.54, 1.807) is 42.5 Å². The molecular formula is C23H24FN3O2. The lowest BCUT2D eigenvalue weighted by Crippen LogP contribution is -2.36. The Hall–Kier alpha value is -3.20. The highest BCUT2D eigenvalue weighted by Gasteiger charge is 2.30. The Balaban J connectivity index is 1.43. The molecule has 2 amide bonds. The average Bonchev–Trinajstić information content (AvgIpc) is 2.75. The molecule has 150 valence electrons. The van der Waals surface area contributed by atoms with Gasteiger partial charge in [0.2, 0.25) is 11.8 Å². The lowest BCUT2D eigenvalue weighted by molar-refractivity contribution is -0.128. The summed E-state index contributed by atoms with van der Waals surface area (Å²) in [6, 6.07) is 15.5.